The molecule has 0 radical (unpaired) electrons. The van der Waals surface area contributed by atoms with E-state index in [1.54, 1.807) is 0 Å². The summed E-state index contributed by atoms with van der Waals surface area (Å²) in [7, 11) is 0. The Hall–Kier alpha value is -1.26. The second-order valence-electron chi connectivity index (χ2n) is 5.92. The number of carbonyl (C=O) groups excluding carboxylic acids is 1. The first-order chi connectivity index (χ1) is 9.52. The zero-order chi connectivity index (χ0) is 15.0. The van der Waals surface area contributed by atoms with Crippen LogP contribution in [-0.2, 0) is 4.79 Å². The van der Waals surface area contributed by atoms with Gasteiger partial charge in [-0.1, -0.05) is 39.5 Å². The molecule has 0 aromatic carbocycles. The van der Waals surface area contributed by atoms with Crippen molar-refractivity contribution in [3.8, 4) is 0 Å². The molecule has 3 atom stereocenters. The number of urea groups is 1. The van der Waals surface area contributed by atoms with Crippen LogP contribution in [0.2, 0.25) is 0 Å². The SMILES string of the molecule is CCCC(CC(=O)O)NC(=O)NC1CCCCCC1C. The zero-order valence-electron chi connectivity index (χ0n) is 12.7. The number of rotatable bonds is 6. The van der Waals surface area contributed by atoms with Crippen molar-refractivity contribution in [1.29, 1.82) is 0 Å². The third-order valence-electron chi connectivity index (χ3n) is 4.07. The van der Waals surface area contributed by atoms with Crippen LogP contribution < -0.4 is 10.6 Å². The van der Waals surface area contributed by atoms with Gasteiger partial charge in [-0.25, -0.2) is 4.79 Å². The van der Waals surface area contributed by atoms with E-state index < -0.39 is 5.97 Å². The van der Waals surface area contributed by atoms with Crippen molar-refractivity contribution in [1.82, 2.24) is 10.6 Å². The maximum absolute atomic E-state index is 12.0. The topological polar surface area (TPSA) is 78.4 Å². The number of hydrogen-bond donors (Lipinski definition) is 3. The number of carboxylic acids is 1. The number of carbonyl (C=O) groups is 2. The van der Waals surface area contributed by atoms with Crippen LogP contribution in [0.1, 0.15) is 65.2 Å². The first-order valence-corrected chi connectivity index (χ1v) is 7.81. The molecule has 0 aromatic rings. The molecule has 3 N–H and O–H groups in total. The van der Waals surface area contributed by atoms with Crippen molar-refractivity contribution < 1.29 is 14.7 Å². The van der Waals surface area contributed by atoms with Crippen LogP contribution in [0, 0.1) is 5.92 Å². The minimum Gasteiger partial charge on any atom is -0.481 e. The van der Waals surface area contributed by atoms with Crippen molar-refractivity contribution in [3.63, 3.8) is 0 Å². The van der Waals surface area contributed by atoms with Gasteiger partial charge >= 0.3 is 12.0 Å². The Morgan fingerprint density at radius 2 is 1.95 bits per heavy atom. The molecule has 0 aromatic heterocycles. The standard InChI is InChI=1S/C15H28N2O3/c1-3-7-12(10-14(18)19)16-15(20)17-13-9-6-4-5-8-11(13)2/h11-13H,3-10H2,1-2H3,(H,18,19)(H2,16,17,20). The molecule has 5 heteroatoms. The van der Waals surface area contributed by atoms with E-state index in [1.807, 2.05) is 6.92 Å². The fourth-order valence-electron chi connectivity index (χ4n) is 2.89. The van der Waals surface area contributed by atoms with E-state index in [4.69, 9.17) is 5.11 Å². The number of aliphatic carboxylic acids is 1. The van der Waals surface area contributed by atoms with Crippen molar-refractivity contribution in [2.45, 2.75) is 77.3 Å². The van der Waals surface area contributed by atoms with E-state index in [2.05, 4.69) is 17.6 Å². The fourth-order valence-corrected chi connectivity index (χ4v) is 2.89. The molecule has 1 aliphatic carbocycles. The lowest BCUT2D eigenvalue weighted by molar-refractivity contribution is -0.137. The molecule has 1 saturated carbocycles. The highest BCUT2D eigenvalue weighted by Crippen LogP contribution is 2.22. The smallest absolute Gasteiger partial charge is 0.315 e. The molecule has 0 bridgehead atoms. The van der Waals surface area contributed by atoms with E-state index in [0.29, 0.717) is 12.3 Å². The van der Waals surface area contributed by atoms with Crippen LogP contribution in [-0.4, -0.2) is 29.2 Å². The van der Waals surface area contributed by atoms with Gasteiger partial charge in [0.15, 0.2) is 0 Å². The molecule has 1 aliphatic rings. The van der Waals surface area contributed by atoms with Crippen molar-refractivity contribution >= 4 is 12.0 Å². The van der Waals surface area contributed by atoms with Crippen molar-refractivity contribution in [2.75, 3.05) is 0 Å². The Labute approximate surface area is 121 Å². The Balaban J connectivity index is 2.44. The van der Waals surface area contributed by atoms with Gasteiger partial charge in [0.25, 0.3) is 0 Å². The van der Waals surface area contributed by atoms with E-state index in [9.17, 15) is 9.59 Å². The predicted octanol–water partition coefficient (Wildman–Crippen LogP) is 2.90. The summed E-state index contributed by atoms with van der Waals surface area (Å²) in [6.45, 7) is 4.17. The summed E-state index contributed by atoms with van der Waals surface area (Å²) in [5.41, 5.74) is 0. The van der Waals surface area contributed by atoms with E-state index >= 15 is 0 Å². The molecular weight excluding hydrogens is 256 g/mol. The molecule has 1 rings (SSSR count). The highest BCUT2D eigenvalue weighted by molar-refractivity contribution is 5.76. The monoisotopic (exact) mass is 284 g/mol. The molecular formula is C15H28N2O3. The highest BCUT2D eigenvalue weighted by atomic mass is 16.4. The maximum Gasteiger partial charge on any atom is 0.315 e. The number of nitrogens with one attached hydrogen (secondary N) is 2. The van der Waals surface area contributed by atoms with Crippen LogP contribution in [0.5, 0.6) is 0 Å². The van der Waals surface area contributed by atoms with Gasteiger partial charge in [0, 0.05) is 12.1 Å². The Morgan fingerprint density at radius 1 is 1.25 bits per heavy atom. The molecule has 3 unspecified atom stereocenters. The van der Waals surface area contributed by atoms with E-state index in [1.165, 1.54) is 12.8 Å². The van der Waals surface area contributed by atoms with Crippen LogP contribution in [0.15, 0.2) is 0 Å². The average molecular weight is 284 g/mol. The summed E-state index contributed by atoms with van der Waals surface area (Å²) in [5.74, 6) is -0.376. The molecule has 5 nitrogen and oxygen atoms in total. The molecule has 0 saturated heterocycles. The summed E-state index contributed by atoms with van der Waals surface area (Å²) in [6, 6.07) is -0.286. The quantitative estimate of drug-likeness (QED) is 0.656. The first-order valence-electron chi connectivity index (χ1n) is 7.81. The van der Waals surface area contributed by atoms with Gasteiger partial charge in [-0.15, -0.1) is 0 Å². The summed E-state index contributed by atoms with van der Waals surface area (Å²) in [5, 5.41) is 14.7. The molecule has 2 amide bonds. The number of hydrogen-bond acceptors (Lipinski definition) is 2. The summed E-state index contributed by atoms with van der Waals surface area (Å²) in [4.78, 5) is 22.8. The number of carboxylic acid groups (broad SMARTS) is 1. The van der Waals surface area contributed by atoms with Crippen molar-refractivity contribution in [3.05, 3.63) is 0 Å². The summed E-state index contributed by atoms with van der Waals surface area (Å²) in [6.07, 6.45) is 7.34. The molecule has 0 aliphatic heterocycles. The van der Waals surface area contributed by atoms with Gasteiger partial charge in [-0.2, -0.15) is 0 Å². The molecule has 20 heavy (non-hydrogen) atoms. The zero-order valence-corrected chi connectivity index (χ0v) is 12.7. The average Bonchev–Trinajstić information content (AvgIpc) is 2.54. The third kappa shape index (κ3) is 6.26. The Bertz CT molecular complexity index is 320. The first kappa shape index (κ1) is 16.8. The number of amides is 2. The second-order valence-corrected chi connectivity index (χ2v) is 5.92. The van der Waals surface area contributed by atoms with Crippen molar-refractivity contribution in [2.24, 2.45) is 5.92 Å². The maximum atomic E-state index is 12.0. The largest absolute Gasteiger partial charge is 0.481 e. The van der Waals surface area contributed by atoms with E-state index in [0.717, 1.165) is 25.7 Å². The molecule has 116 valence electrons. The molecule has 0 heterocycles. The second kappa shape index (κ2) is 8.82. The normalized spacial score (nSPS) is 24.5. The van der Waals surface area contributed by atoms with Gasteiger partial charge in [-0.05, 0) is 25.2 Å². The minimum atomic E-state index is -0.869. The van der Waals surface area contributed by atoms with Gasteiger partial charge in [-0.3, -0.25) is 4.79 Å². The predicted molar refractivity (Wildman–Crippen MR) is 78.7 cm³/mol. The minimum absolute atomic E-state index is 0.0124. The van der Waals surface area contributed by atoms with Gasteiger partial charge in [0.2, 0.25) is 0 Å². The summed E-state index contributed by atoms with van der Waals surface area (Å²) >= 11 is 0. The summed E-state index contributed by atoms with van der Waals surface area (Å²) < 4.78 is 0. The third-order valence-corrected chi connectivity index (χ3v) is 4.07. The Kier molecular flexibility index (Phi) is 7.41. The van der Waals surface area contributed by atoms with Gasteiger partial charge in [0.05, 0.1) is 6.42 Å². The lowest BCUT2D eigenvalue weighted by atomic mass is 9.97. The lowest BCUT2D eigenvalue weighted by Gasteiger charge is -2.25. The van der Waals surface area contributed by atoms with Crippen LogP contribution in [0.3, 0.4) is 0 Å². The van der Waals surface area contributed by atoms with Crippen LogP contribution in [0.4, 0.5) is 4.79 Å². The Morgan fingerprint density at radius 3 is 2.60 bits per heavy atom. The van der Waals surface area contributed by atoms with Gasteiger partial charge in [0.1, 0.15) is 0 Å². The molecule has 0 spiro atoms. The lowest BCUT2D eigenvalue weighted by Crippen LogP contribution is -2.48. The van der Waals surface area contributed by atoms with E-state index in [-0.39, 0.29) is 24.5 Å². The van der Waals surface area contributed by atoms with Gasteiger partial charge < -0.3 is 15.7 Å². The fraction of sp³-hybridized carbons (Fsp3) is 0.867. The van der Waals surface area contributed by atoms with Crippen LogP contribution >= 0.6 is 0 Å². The molecule has 1 fully saturated rings. The van der Waals surface area contributed by atoms with Crippen LogP contribution in [0.25, 0.3) is 0 Å². The highest BCUT2D eigenvalue weighted by Gasteiger charge is 2.23.